The number of sulfonamides is 1. The second kappa shape index (κ2) is 8.90. The van der Waals surface area contributed by atoms with Crippen LogP contribution in [0.4, 0.5) is 5.69 Å². The van der Waals surface area contributed by atoms with Crippen LogP contribution in [0.5, 0.6) is 5.75 Å². The van der Waals surface area contributed by atoms with Gasteiger partial charge in [0.1, 0.15) is 12.3 Å². The third kappa shape index (κ3) is 5.72. The topological polar surface area (TPSA) is 75.7 Å². The zero-order valence-electron chi connectivity index (χ0n) is 16.1. The molecule has 0 aliphatic heterocycles. The zero-order valence-corrected chi connectivity index (χ0v) is 16.9. The Morgan fingerprint density at radius 1 is 1.11 bits per heavy atom. The number of amides is 1. The van der Waals surface area contributed by atoms with Gasteiger partial charge in [-0.2, -0.15) is 0 Å². The second-order valence-corrected chi connectivity index (χ2v) is 8.51. The summed E-state index contributed by atoms with van der Waals surface area (Å²) in [5, 5.41) is 2.77. The predicted octanol–water partition coefficient (Wildman–Crippen LogP) is 2.90. The van der Waals surface area contributed by atoms with Crippen LogP contribution >= 0.6 is 0 Å². The van der Waals surface area contributed by atoms with Crippen LogP contribution in [0.1, 0.15) is 30.9 Å². The minimum absolute atomic E-state index is 0.132. The van der Waals surface area contributed by atoms with Crippen molar-refractivity contribution in [2.45, 2.75) is 26.3 Å². The summed E-state index contributed by atoms with van der Waals surface area (Å²) >= 11 is 0. The van der Waals surface area contributed by atoms with Crippen LogP contribution in [0, 0.1) is 0 Å². The highest BCUT2D eigenvalue weighted by Gasteiger charge is 2.23. The van der Waals surface area contributed by atoms with Crippen LogP contribution in [0.3, 0.4) is 0 Å². The maximum Gasteiger partial charge on any atom is 0.241 e. The van der Waals surface area contributed by atoms with Gasteiger partial charge in [0.25, 0.3) is 0 Å². The van der Waals surface area contributed by atoms with Crippen LogP contribution < -0.4 is 14.4 Å². The fourth-order valence-corrected chi connectivity index (χ4v) is 3.59. The first-order valence-electron chi connectivity index (χ1n) is 8.68. The number of hydrogen-bond acceptors (Lipinski definition) is 4. The molecular weight excluding hydrogens is 364 g/mol. The lowest BCUT2D eigenvalue weighted by molar-refractivity contribution is -0.119. The molecule has 0 unspecified atom stereocenters. The van der Waals surface area contributed by atoms with E-state index < -0.39 is 10.0 Å². The Labute approximate surface area is 161 Å². The summed E-state index contributed by atoms with van der Waals surface area (Å²) in [5.41, 5.74) is 2.32. The standard InChI is InChI=1S/C20H26N2O4S/c1-15(2)18-7-5-6-8-19(18)22(27(4,24)25)14-20(23)21-13-16-9-11-17(26-3)12-10-16/h5-12,15H,13-14H2,1-4H3,(H,21,23). The Balaban J connectivity index is 2.13. The van der Waals surface area contributed by atoms with Gasteiger partial charge in [-0.25, -0.2) is 8.42 Å². The number of ether oxygens (including phenoxy) is 1. The number of carbonyl (C=O) groups excluding carboxylic acids is 1. The number of anilines is 1. The maximum atomic E-state index is 12.4. The van der Waals surface area contributed by atoms with Crippen LogP contribution in [-0.2, 0) is 21.4 Å². The molecule has 6 nitrogen and oxygen atoms in total. The maximum absolute atomic E-state index is 12.4. The van der Waals surface area contributed by atoms with E-state index in [1.165, 1.54) is 0 Å². The first kappa shape index (κ1) is 20.8. The number of carbonyl (C=O) groups is 1. The van der Waals surface area contributed by atoms with Crippen LogP contribution in [0.2, 0.25) is 0 Å². The summed E-state index contributed by atoms with van der Waals surface area (Å²) in [5.74, 6) is 0.501. The molecule has 0 atom stereocenters. The molecule has 7 heteroatoms. The smallest absolute Gasteiger partial charge is 0.241 e. The van der Waals surface area contributed by atoms with Crippen LogP contribution in [0.15, 0.2) is 48.5 Å². The van der Waals surface area contributed by atoms with E-state index in [9.17, 15) is 13.2 Å². The van der Waals surface area contributed by atoms with Gasteiger partial charge in [-0.05, 0) is 35.2 Å². The monoisotopic (exact) mass is 390 g/mol. The first-order chi connectivity index (χ1) is 12.7. The molecule has 0 heterocycles. The van der Waals surface area contributed by atoms with Gasteiger partial charge in [-0.3, -0.25) is 9.10 Å². The van der Waals surface area contributed by atoms with E-state index in [-0.39, 0.29) is 18.4 Å². The summed E-state index contributed by atoms with van der Waals surface area (Å²) in [4.78, 5) is 12.4. The number of methoxy groups -OCH3 is 1. The Morgan fingerprint density at radius 3 is 2.30 bits per heavy atom. The number of rotatable bonds is 8. The molecule has 0 saturated carbocycles. The molecule has 27 heavy (non-hydrogen) atoms. The minimum atomic E-state index is -3.61. The van der Waals surface area contributed by atoms with Gasteiger partial charge < -0.3 is 10.1 Å². The van der Waals surface area contributed by atoms with Crippen molar-refractivity contribution in [2.24, 2.45) is 0 Å². The molecule has 0 aliphatic carbocycles. The summed E-state index contributed by atoms with van der Waals surface area (Å²) in [6.45, 7) is 4.02. The molecule has 1 N–H and O–H groups in total. The lowest BCUT2D eigenvalue weighted by atomic mass is 10.0. The SMILES string of the molecule is COc1ccc(CNC(=O)CN(c2ccccc2C(C)C)S(C)(=O)=O)cc1. The quantitative estimate of drug-likeness (QED) is 0.752. The molecule has 0 aromatic heterocycles. The van der Waals surface area contributed by atoms with Crippen LogP contribution in [-0.4, -0.2) is 34.2 Å². The average molecular weight is 391 g/mol. The highest BCUT2D eigenvalue weighted by atomic mass is 32.2. The molecule has 1 amide bonds. The predicted molar refractivity (Wildman–Crippen MR) is 108 cm³/mol. The number of hydrogen-bond donors (Lipinski definition) is 1. The van der Waals surface area contributed by atoms with Gasteiger partial charge in [0, 0.05) is 6.54 Å². The number of para-hydroxylation sites is 1. The molecule has 0 fully saturated rings. The number of benzene rings is 2. The Morgan fingerprint density at radius 2 is 1.74 bits per heavy atom. The first-order valence-corrected chi connectivity index (χ1v) is 10.5. The van der Waals surface area contributed by atoms with Crippen molar-refractivity contribution >= 4 is 21.6 Å². The summed E-state index contributed by atoms with van der Waals surface area (Å²) in [6.07, 6.45) is 1.11. The molecule has 0 aliphatic rings. The molecule has 0 saturated heterocycles. The van der Waals surface area contributed by atoms with Gasteiger partial charge in [-0.15, -0.1) is 0 Å². The van der Waals surface area contributed by atoms with E-state index in [2.05, 4.69) is 5.32 Å². The van der Waals surface area contributed by atoms with Gasteiger partial charge >= 0.3 is 0 Å². The molecule has 0 spiro atoms. The fourth-order valence-electron chi connectivity index (χ4n) is 2.71. The van der Waals surface area contributed by atoms with E-state index in [1.54, 1.807) is 19.2 Å². The van der Waals surface area contributed by atoms with Crippen molar-refractivity contribution in [3.05, 3.63) is 59.7 Å². The molecule has 146 valence electrons. The van der Waals surface area contributed by atoms with Crippen molar-refractivity contribution in [3.63, 3.8) is 0 Å². The molecule has 2 aromatic carbocycles. The van der Waals surface area contributed by atoms with Crippen molar-refractivity contribution in [1.82, 2.24) is 5.32 Å². The highest BCUT2D eigenvalue weighted by Crippen LogP contribution is 2.28. The third-order valence-electron chi connectivity index (χ3n) is 4.16. The van der Waals surface area contributed by atoms with Crippen molar-refractivity contribution in [2.75, 3.05) is 24.2 Å². The molecule has 2 rings (SSSR count). The second-order valence-electron chi connectivity index (χ2n) is 6.61. The Kier molecular flexibility index (Phi) is 6.85. The van der Waals surface area contributed by atoms with Gasteiger partial charge in [0.15, 0.2) is 0 Å². The third-order valence-corrected chi connectivity index (χ3v) is 5.29. The van der Waals surface area contributed by atoms with Gasteiger partial charge in [-0.1, -0.05) is 44.2 Å². The summed E-state index contributed by atoms with van der Waals surface area (Å²) in [6, 6.07) is 14.6. The van der Waals surface area contributed by atoms with Gasteiger partial charge in [0.2, 0.25) is 15.9 Å². The molecular formula is C20H26N2O4S. The average Bonchev–Trinajstić information content (AvgIpc) is 2.64. The van der Waals surface area contributed by atoms with Crippen LogP contribution in [0.25, 0.3) is 0 Å². The fraction of sp³-hybridized carbons (Fsp3) is 0.350. The van der Waals surface area contributed by atoms with E-state index in [0.29, 0.717) is 12.2 Å². The molecule has 0 bridgehead atoms. The van der Waals surface area contributed by atoms with Gasteiger partial charge in [0.05, 0.1) is 19.1 Å². The largest absolute Gasteiger partial charge is 0.497 e. The molecule has 0 radical (unpaired) electrons. The number of nitrogens with one attached hydrogen (secondary N) is 1. The van der Waals surface area contributed by atoms with E-state index >= 15 is 0 Å². The van der Waals surface area contributed by atoms with E-state index in [4.69, 9.17) is 4.74 Å². The zero-order chi connectivity index (χ0) is 20.0. The highest BCUT2D eigenvalue weighted by molar-refractivity contribution is 7.92. The van der Waals surface area contributed by atoms with Crippen molar-refractivity contribution in [1.29, 1.82) is 0 Å². The normalized spacial score (nSPS) is 11.3. The molecule has 2 aromatic rings. The summed E-state index contributed by atoms with van der Waals surface area (Å²) in [7, 11) is -2.02. The van der Waals surface area contributed by atoms with Crippen molar-refractivity contribution < 1.29 is 17.9 Å². The summed E-state index contributed by atoms with van der Waals surface area (Å²) < 4.78 is 30.9. The Hall–Kier alpha value is -2.54. The number of nitrogens with zero attached hydrogens (tertiary/aromatic N) is 1. The lowest BCUT2D eigenvalue weighted by Crippen LogP contribution is -2.40. The van der Waals surface area contributed by atoms with E-state index in [1.807, 2.05) is 50.2 Å². The lowest BCUT2D eigenvalue weighted by Gasteiger charge is -2.25. The van der Waals surface area contributed by atoms with E-state index in [0.717, 1.165) is 27.4 Å². The van der Waals surface area contributed by atoms with Crippen molar-refractivity contribution in [3.8, 4) is 5.75 Å². The Bertz CT molecular complexity index is 877. The minimum Gasteiger partial charge on any atom is -0.497 e.